The minimum atomic E-state index is 0.640. The fourth-order valence-electron chi connectivity index (χ4n) is 8.07. The zero-order valence-electron chi connectivity index (χ0n) is 26.9. The van der Waals surface area contributed by atoms with E-state index in [9.17, 15) is 0 Å². The summed E-state index contributed by atoms with van der Waals surface area (Å²) in [6, 6.07) is 39.3. The molecule has 3 aliphatic rings. The lowest BCUT2D eigenvalue weighted by atomic mass is 9.74. The van der Waals surface area contributed by atoms with Gasteiger partial charge in [0.05, 0.1) is 11.4 Å². The lowest BCUT2D eigenvalue weighted by Gasteiger charge is -2.30. The number of pyridine rings is 2. The van der Waals surface area contributed by atoms with E-state index in [4.69, 9.17) is 0 Å². The third-order valence-electron chi connectivity index (χ3n) is 10.4. The highest BCUT2D eigenvalue weighted by atomic mass is 14.7. The SMILES string of the molecule is C1=CC2=C(C3=Cc4c(c(-c5ccc(-c6ccccn6)cc5)c5ccccc5c4-c4ccc(-c5ccccn5)cc4)CC3)C=CCC2CC1. The minimum absolute atomic E-state index is 0.640. The number of nitrogens with zero attached hydrogens (tertiary/aromatic N) is 2. The van der Waals surface area contributed by atoms with Gasteiger partial charge in [-0.2, -0.15) is 0 Å². The standard InChI is InChI=1S/C46H36N2/c1-2-12-37-31(10-1)11-9-15-38(37)36-26-27-41-42(30-36)46(35-24-20-33(21-25-35)44-17-6-8-29-48-44)40-14-4-3-13-39(40)45(41)34-22-18-32(19-23-34)43-16-5-7-28-47-43/h2-9,12-25,28-31H,1,10-11,26-27H2. The quantitative estimate of drug-likeness (QED) is 0.193. The first kappa shape index (κ1) is 28.6. The van der Waals surface area contributed by atoms with E-state index in [0.29, 0.717) is 5.92 Å². The summed E-state index contributed by atoms with van der Waals surface area (Å²) >= 11 is 0. The maximum Gasteiger partial charge on any atom is 0.0701 e. The molecular weight excluding hydrogens is 581 g/mol. The molecule has 230 valence electrons. The molecule has 0 radical (unpaired) electrons. The third kappa shape index (κ3) is 5.05. The summed E-state index contributed by atoms with van der Waals surface area (Å²) in [5, 5.41) is 2.59. The molecule has 0 fully saturated rings. The van der Waals surface area contributed by atoms with Crippen molar-refractivity contribution in [1.82, 2.24) is 9.97 Å². The van der Waals surface area contributed by atoms with Crippen LogP contribution in [0.4, 0.5) is 0 Å². The Bertz CT molecular complexity index is 2270. The Morgan fingerprint density at radius 2 is 1.15 bits per heavy atom. The highest BCUT2D eigenvalue weighted by Crippen LogP contribution is 2.48. The van der Waals surface area contributed by atoms with Crippen molar-refractivity contribution in [3.63, 3.8) is 0 Å². The first-order chi connectivity index (χ1) is 23.8. The third-order valence-corrected chi connectivity index (χ3v) is 10.4. The summed E-state index contributed by atoms with van der Waals surface area (Å²) in [6.45, 7) is 0. The molecule has 9 rings (SSSR count). The Hall–Kier alpha value is -5.60. The van der Waals surface area contributed by atoms with Crippen LogP contribution in [0.2, 0.25) is 0 Å². The van der Waals surface area contributed by atoms with Crippen molar-refractivity contribution < 1.29 is 0 Å². The van der Waals surface area contributed by atoms with Crippen LogP contribution in [0, 0.1) is 5.92 Å². The molecule has 0 aliphatic heterocycles. The molecule has 0 N–H and O–H groups in total. The lowest BCUT2D eigenvalue weighted by Crippen LogP contribution is -2.13. The van der Waals surface area contributed by atoms with E-state index in [1.54, 1.807) is 0 Å². The predicted molar refractivity (Wildman–Crippen MR) is 200 cm³/mol. The Morgan fingerprint density at radius 1 is 0.542 bits per heavy atom. The Morgan fingerprint density at radius 3 is 1.79 bits per heavy atom. The molecule has 0 saturated heterocycles. The summed E-state index contributed by atoms with van der Waals surface area (Å²) in [7, 11) is 0. The van der Waals surface area contributed by atoms with Gasteiger partial charge in [0, 0.05) is 23.5 Å². The molecule has 4 aromatic carbocycles. The van der Waals surface area contributed by atoms with Crippen molar-refractivity contribution in [2.24, 2.45) is 5.92 Å². The second-order valence-electron chi connectivity index (χ2n) is 13.1. The first-order valence-corrected chi connectivity index (χ1v) is 17.2. The van der Waals surface area contributed by atoms with Crippen molar-refractivity contribution in [2.45, 2.75) is 32.1 Å². The molecule has 1 atom stereocenters. The van der Waals surface area contributed by atoms with E-state index in [2.05, 4.69) is 137 Å². The van der Waals surface area contributed by atoms with Crippen LogP contribution < -0.4 is 0 Å². The molecule has 1 unspecified atom stereocenters. The molecular formula is C46H36N2. The van der Waals surface area contributed by atoms with E-state index >= 15 is 0 Å². The van der Waals surface area contributed by atoms with Crippen LogP contribution in [-0.2, 0) is 6.42 Å². The van der Waals surface area contributed by atoms with E-state index in [1.807, 2.05) is 24.5 Å². The Kier molecular flexibility index (Phi) is 7.28. The average Bonchev–Trinajstić information content (AvgIpc) is 3.17. The summed E-state index contributed by atoms with van der Waals surface area (Å²) in [5.74, 6) is 0.640. The second-order valence-corrected chi connectivity index (χ2v) is 13.1. The zero-order valence-corrected chi connectivity index (χ0v) is 26.9. The van der Waals surface area contributed by atoms with Crippen molar-refractivity contribution >= 4 is 16.8 Å². The summed E-state index contributed by atoms with van der Waals surface area (Å²) in [4.78, 5) is 9.20. The fraction of sp³-hybridized carbons (Fsp3) is 0.130. The largest absolute Gasteiger partial charge is 0.256 e. The molecule has 2 heterocycles. The molecule has 0 amide bonds. The van der Waals surface area contributed by atoms with Gasteiger partial charge < -0.3 is 0 Å². The summed E-state index contributed by atoms with van der Waals surface area (Å²) < 4.78 is 0. The Balaban J connectivity index is 1.27. The van der Waals surface area contributed by atoms with Crippen molar-refractivity contribution in [3.05, 3.63) is 174 Å². The van der Waals surface area contributed by atoms with Gasteiger partial charge in [-0.3, -0.25) is 9.97 Å². The van der Waals surface area contributed by atoms with Crippen LogP contribution >= 0.6 is 0 Å². The molecule has 0 spiro atoms. The number of rotatable bonds is 5. The monoisotopic (exact) mass is 616 g/mol. The summed E-state index contributed by atoms with van der Waals surface area (Å²) in [5.41, 5.74) is 16.7. The van der Waals surface area contributed by atoms with E-state index in [1.165, 1.54) is 73.7 Å². The van der Waals surface area contributed by atoms with Crippen molar-refractivity contribution in [1.29, 1.82) is 0 Å². The van der Waals surface area contributed by atoms with Crippen LogP contribution in [-0.4, -0.2) is 9.97 Å². The topological polar surface area (TPSA) is 25.8 Å². The molecule has 48 heavy (non-hydrogen) atoms. The van der Waals surface area contributed by atoms with Gasteiger partial charge in [0.1, 0.15) is 0 Å². The average molecular weight is 617 g/mol. The number of hydrogen-bond acceptors (Lipinski definition) is 2. The number of hydrogen-bond donors (Lipinski definition) is 0. The number of fused-ring (bicyclic) bond motifs is 3. The van der Waals surface area contributed by atoms with Crippen LogP contribution in [0.15, 0.2) is 163 Å². The van der Waals surface area contributed by atoms with Gasteiger partial charge in [-0.15, -0.1) is 0 Å². The number of aromatic nitrogens is 2. The van der Waals surface area contributed by atoms with Gasteiger partial charge >= 0.3 is 0 Å². The van der Waals surface area contributed by atoms with Gasteiger partial charge in [-0.25, -0.2) is 0 Å². The molecule has 0 bridgehead atoms. The summed E-state index contributed by atoms with van der Waals surface area (Å²) in [6.07, 6.45) is 21.5. The number of allylic oxidation sites excluding steroid dienone is 7. The van der Waals surface area contributed by atoms with E-state index in [-0.39, 0.29) is 0 Å². The van der Waals surface area contributed by atoms with E-state index in [0.717, 1.165) is 41.8 Å². The molecule has 3 aliphatic carbocycles. The predicted octanol–water partition coefficient (Wildman–Crippen LogP) is 11.9. The maximum atomic E-state index is 4.61. The van der Waals surface area contributed by atoms with Gasteiger partial charge in [0.15, 0.2) is 0 Å². The second kappa shape index (κ2) is 12.2. The normalized spacial score (nSPS) is 16.8. The van der Waals surface area contributed by atoms with Gasteiger partial charge in [-0.05, 0) is 123 Å². The van der Waals surface area contributed by atoms with Gasteiger partial charge in [0.2, 0.25) is 0 Å². The molecule has 2 nitrogen and oxygen atoms in total. The van der Waals surface area contributed by atoms with Gasteiger partial charge in [-0.1, -0.05) is 115 Å². The van der Waals surface area contributed by atoms with Crippen molar-refractivity contribution in [3.8, 4) is 44.8 Å². The Labute approximate surface area is 282 Å². The van der Waals surface area contributed by atoms with Crippen LogP contribution in [0.25, 0.3) is 61.6 Å². The first-order valence-electron chi connectivity index (χ1n) is 17.2. The van der Waals surface area contributed by atoms with Crippen LogP contribution in [0.1, 0.15) is 36.8 Å². The maximum absolute atomic E-state index is 4.61. The molecule has 2 heteroatoms. The highest BCUT2D eigenvalue weighted by molar-refractivity contribution is 6.10. The molecule has 0 saturated carbocycles. The van der Waals surface area contributed by atoms with Crippen LogP contribution in [0.5, 0.6) is 0 Å². The van der Waals surface area contributed by atoms with E-state index < -0.39 is 0 Å². The van der Waals surface area contributed by atoms with Gasteiger partial charge in [0.25, 0.3) is 0 Å². The number of benzene rings is 4. The zero-order chi connectivity index (χ0) is 31.9. The smallest absolute Gasteiger partial charge is 0.0701 e. The highest BCUT2D eigenvalue weighted by Gasteiger charge is 2.27. The minimum Gasteiger partial charge on any atom is -0.256 e. The van der Waals surface area contributed by atoms with Crippen molar-refractivity contribution in [2.75, 3.05) is 0 Å². The lowest BCUT2D eigenvalue weighted by molar-refractivity contribution is 0.561. The molecule has 2 aromatic heterocycles. The molecule has 6 aromatic rings. The fourth-order valence-corrected chi connectivity index (χ4v) is 8.07. The van der Waals surface area contributed by atoms with Crippen LogP contribution in [0.3, 0.4) is 0 Å².